The molecule has 0 atom stereocenters. The first-order chi connectivity index (χ1) is 35.9. The zero-order valence-electron chi connectivity index (χ0n) is 45.1. The zero-order chi connectivity index (χ0) is 52.4. The maximum absolute atomic E-state index is 5.90. The number of fused-ring (bicyclic) bond motifs is 4. The second kappa shape index (κ2) is 26.1. The van der Waals surface area contributed by atoms with E-state index in [0.717, 1.165) is 48.8 Å². The molecule has 0 aliphatic heterocycles. The van der Waals surface area contributed by atoms with Crippen molar-refractivity contribution in [3.05, 3.63) is 142 Å². The SMILES string of the molecule is Brc1ccc2c(c1)ncn2C1CC1.Brc1ccc2ncn(C3CC3)c2c1.C=C(C)c1ccc2c(c1)ncn2C1CC1.C=C(C)c1ccc2ncn(C3CC3)c2c1.C=[C](OCC)[Sn]([CH2]CCC)([CH2]CCC)[CH2]CCC. The van der Waals surface area contributed by atoms with Gasteiger partial charge in [0.15, 0.2) is 0 Å². The van der Waals surface area contributed by atoms with Gasteiger partial charge in [0.2, 0.25) is 0 Å². The van der Waals surface area contributed by atoms with Crippen molar-refractivity contribution in [2.45, 2.75) is 169 Å². The van der Waals surface area contributed by atoms with Gasteiger partial charge in [-0.1, -0.05) is 68.3 Å². The van der Waals surface area contributed by atoms with Crippen LogP contribution in [-0.2, 0) is 4.74 Å². The Morgan fingerprint density at radius 3 is 1.30 bits per heavy atom. The van der Waals surface area contributed by atoms with E-state index >= 15 is 0 Å². The number of halogens is 2. The van der Waals surface area contributed by atoms with Crippen molar-refractivity contribution in [3.63, 3.8) is 0 Å². The van der Waals surface area contributed by atoms with Gasteiger partial charge < -0.3 is 18.3 Å². The molecule has 0 radical (unpaired) electrons. The van der Waals surface area contributed by atoms with E-state index in [4.69, 9.17) is 4.74 Å². The van der Waals surface area contributed by atoms with Crippen LogP contribution >= 0.6 is 31.9 Å². The Hall–Kier alpha value is -4.46. The fourth-order valence-electron chi connectivity index (χ4n) is 9.83. The third-order valence-corrected chi connectivity index (χ3v) is 30.9. The van der Waals surface area contributed by atoms with Crippen LogP contribution < -0.4 is 0 Å². The normalized spacial score (nSPS) is 15.1. The topological polar surface area (TPSA) is 80.5 Å². The molecule has 12 heteroatoms. The van der Waals surface area contributed by atoms with Crippen molar-refractivity contribution in [3.8, 4) is 0 Å². The van der Waals surface area contributed by atoms with Crippen molar-refractivity contribution in [1.82, 2.24) is 38.2 Å². The van der Waals surface area contributed by atoms with Gasteiger partial charge in [0, 0.05) is 33.1 Å². The van der Waals surface area contributed by atoms with E-state index in [1.54, 1.807) is 0 Å². The van der Waals surface area contributed by atoms with E-state index in [2.05, 4.69) is 184 Å². The predicted molar refractivity (Wildman–Crippen MR) is 322 cm³/mol. The summed E-state index contributed by atoms with van der Waals surface area (Å²) in [5, 5.41) is 0. The summed E-state index contributed by atoms with van der Waals surface area (Å²) in [6.07, 6.45) is 26.3. The van der Waals surface area contributed by atoms with Crippen LogP contribution in [0.25, 0.3) is 55.3 Å². The van der Waals surface area contributed by atoms with Crippen LogP contribution in [0, 0.1) is 0 Å². The van der Waals surface area contributed by atoms with Crippen LogP contribution in [0.15, 0.2) is 131 Å². The molecule has 4 heterocycles. The Morgan fingerprint density at radius 2 is 0.851 bits per heavy atom. The fraction of sp³-hybridized carbons (Fsp3) is 0.452. The Labute approximate surface area is 462 Å². The summed E-state index contributed by atoms with van der Waals surface area (Å²) in [6, 6.07) is 28.1. The number of allylic oxidation sites excluding steroid dienone is 2. The minimum atomic E-state index is -2.24. The first-order valence-corrected chi connectivity index (χ1v) is 36.7. The summed E-state index contributed by atoms with van der Waals surface area (Å²) in [4.78, 5) is 17.6. The van der Waals surface area contributed by atoms with Crippen molar-refractivity contribution in [1.29, 1.82) is 0 Å². The van der Waals surface area contributed by atoms with E-state index in [1.807, 2.05) is 45.2 Å². The Balaban J connectivity index is 0.000000123. The Kier molecular flexibility index (Phi) is 19.6. The van der Waals surface area contributed by atoms with Crippen LogP contribution in [0.1, 0.15) is 167 Å². The molecule has 4 aliphatic carbocycles. The minimum absolute atomic E-state index is 0.690. The second-order valence-electron chi connectivity index (χ2n) is 21.2. The first kappa shape index (κ1) is 55.8. The molecule has 0 unspecified atom stereocenters. The van der Waals surface area contributed by atoms with Crippen molar-refractivity contribution in [2.75, 3.05) is 6.61 Å². The fourth-order valence-corrected chi connectivity index (χ4v) is 25.2. The molecule has 4 saturated carbocycles. The van der Waals surface area contributed by atoms with Crippen molar-refractivity contribution >= 4 is 106 Å². The molecule has 0 amide bonds. The molecular weight excluding hydrogens is 1150 g/mol. The number of ether oxygens (including phenoxy) is 1. The van der Waals surface area contributed by atoms with Gasteiger partial charge in [0.1, 0.15) is 0 Å². The number of imidazole rings is 4. The van der Waals surface area contributed by atoms with Gasteiger partial charge >= 0.3 is 120 Å². The molecule has 4 fully saturated rings. The van der Waals surface area contributed by atoms with Gasteiger partial charge in [0.05, 0.1) is 69.4 Å². The van der Waals surface area contributed by atoms with E-state index in [-0.39, 0.29) is 0 Å². The number of hydrogen-bond acceptors (Lipinski definition) is 5. The molecule has 4 aromatic heterocycles. The van der Waals surface area contributed by atoms with Gasteiger partial charge in [-0.05, 0) is 137 Å². The van der Waals surface area contributed by atoms with Crippen LogP contribution in [0.3, 0.4) is 0 Å². The van der Waals surface area contributed by atoms with Crippen LogP contribution in [0.5, 0.6) is 0 Å². The van der Waals surface area contributed by atoms with Gasteiger partial charge in [-0.2, -0.15) is 0 Å². The first-order valence-electron chi connectivity index (χ1n) is 27.7. The molecule has 4 aromatic carbocycles. The average molecular weight is 1230 g/mol. The molecule has 0 saturated heterocycles. The molecule has 9 nitrogen and oxygen atoms in total. The number of aromatic nitrogens is 8. The number of unbranched alkanes of at least 4 members (excludes halogenated alkanes) is 3. The molecule has 4 aliphatic rings. The predicted octanol–water partition coefficient (Wildman–Crippen LogP) is 19.0. The third kappa shape index (κ3) is 14.5. The number of hydrogen-bond donors (Lipinski definition) is 0. The molecule has 0 spiro atoms. The molecule has 392 valence electrons. The zero-order valence-corrected chi connectivity index (χ0v) is 51.2. The summed E-state index contributed by atoms with van der Waals surface area (Å²) >= 11 is 4.68. The Morgan fingerprint density at radius 1 is 0.486 bits per heavy atom. The van der Waals surface area contributed by atoms with Crippen LogP contribution in [0.2, 0.25) is 13.3 Å². The van der Waals surface area contributed by atoms with Crippen LogP contribution in [-0.4, -0.2) is 63.2 Å². The van der Waals surface area contributed by atoms with Gasteiger partial charge in [0.25, 0.3) is 0 Å². The van der Waals surface area contributed by atoms with E-state index < -0.39 is 18.4 Å². The van der Waals surface area contributed by atoms with Gasteiger partial charge in [-0.3, -0.25) is 0 Å². The number of benzene rings is 4. The summed E-state index contributed by atoms with van der Waals surface area (Å²) in [5.74, 6) is 0. The van der Waals surface area contributed by atoms with Crippen LogP contribution in [0.4, 0.5) is 0 Å². The van der Waals surface area contributed by atoms with Crippen molar-refractivity contribution in [2.24, 2.45) is 0 Å². The summed E-state index contributed by atoms with van der Waals surface area (Å²) in [7, 11) is 0. The van der Waals surface area contributed by atoms with Crippen molar-refractivity contribution < 1.29 is 4.74 Å². The van der Waals surface area contributed by atoms with Gasteiger partial charge in [-0.25, -0.2) is 19.9 Å². The average Bonchev–Trinajstić information content (AvgIpc) is 4.24. The summed E-state index contributed by atoms with van der Waals surface area (Å²) < 4.78 is 22.9. The summed E-state index contributed by atoms with van der Waals surface area (Å²) in [6.45, 7) is 26.2. The molecule has 0 bridgehead atoms. The van der Waals surface area contributed by atoms with E-state index in [9.17, 15) is 0 Å². The van der Waals surface area contributed by atoms with E-state index in [1.165, 1.54) is 140 Å². The van der Waals surface area contributed by atoms with E-state index in [0.29, 0.717) is 24.2 Å². The quantitative estimate of drug-likeness (QED) is 0.0632. The number of nitrogens with zero attached hydrogens (tertiary/aromatic N) is 8. The maximum atomic E-state index is 5.90. The monoisotopic (exact) mass is 1230 g/mol. The summed E-state index contributed by atoms with van der Waals surface area (Å²) in [5.41, 5.74) is 14.0. The molecule has 12 rings (SSSR count). The molecule has 0 N–H and O–H groups in total. The molecule has 8 aromatic rings. The molecule has 74 heavy (non-hydrogen) atoms. The second-order valence-corrected chi connectivity index (χ2v) is 36.2. The molecular formula is C62H80Br2N8OSn. The number of rotatable bonds is 18. The standard InChI is InChI=1S/2C13H14N2.2C10H9BrN2.C4H7O.3C4H9.Sn/c1-9(2)10-3-6-13-12(7-10)14-8-15(13)11-4-5-11;1-9(2)10-3-6-12-13(7-10)15(8-14-12)11-4-5-11;11-7-1-4-10-9(5-7)12-6-13(10)8-2-3-8;11-7-1-4-9-10(5-7)13(6-12-9)8-2-3-8;1-3-5-4-2;3*1-3-4-2;/h2*3,6-8,11H,1,4-5H2,2H3;2*1,4-6,8H,2-3H2;1,4H2,2H3;3*1,3-4H2,2H3;. The van der Waals surface area contributed by atoms with Gasteiger partial charge in [-0.15, -0.1) is 0 Å². The third-order valence-electron chi connectivity index (χ3n) is 14.9. The Bertz CT molecular complexity index is 3140.